The molecule has 5 heteroatoms. The molecule has 0 spiro atoms. The molecule has 0 bridgehead atoms. The fourth-order valence-electron chi connectivity index (χ4n) is 2.03. The average molecular weight is 260 g/mol. The summed E-state index contributed by atoms with van der Waals surface area (Å²) in [4.78, 5) is 15.6. The first-order chi connectivity index (χ1) is 8.65. The monoisotopic (exact) mass is 260 g/mol. The van der Waals surface area contributed by atoms with Crippen molar-refractivity contribution < 1.29 is 9.90 Å². The van der Waals surface area contributed by atoms with Gasteiger partial charge in [-0.05, 0) is 36.0 Å². The summed E-state index contributed by atoms with van der Waals surface area (Å²) in [5, 5.41) is 9.41. The molecule has 0 amide bonds. The molecular formula is C13H12N2O2S. The number of hydrogen-bond acceptors (Lipinski definition) is 4. The molecule has 0 unspecified atom stereocenters. The largest absolute Gasteiger partial charge is 0.476 e. The van der Waals surface area contributed by atoms with Crippen molar-refractivity contribution in [2.24, 2.45) is 0 Å². The van der Waals surface area contributed by atoms with Crippen molar-refractivity contribution in [1.82, 2.24) is 4.98 Å². The number of nitrogen functional groups attached to an aromatic ring is 1. The standard InChI is InChI=1S/C13H12N2O2S/c14-13-15-10(12(16)17)11(18-13)9-3-1-2-8(6-9)7-4-5-7/h1-3,6-7H,4-5H2,(H2,14,15)(H,16,17). The minimum atomic E-state index is -1.03. The molecule has 0 atom stereocenters. The van der Waals surface area contributed by atoms with E-state index in [1.807, 2.05) is 12.1 Å². The van der Waals surface area contributed by atoms with E-state index < -0.39 is 5.97 Å². The number of carbonyl (C=O) groups is 1. The number of carboxylic acid groups (broad SMARTS) is 1. The number of aromatic carboxylic acids is 1. The van der Waals surface area contributed by atoms with Crippen LogP contribution in [0.15, 0.2) is 24.3 Å². The maximum atomic E-state index is 11.1. The number of rotatable bonds is 3. The summed E-state index contributed by atoms with van der Waals surface area (Å²) >= 11 is 1.22. The van der Waals surface area contributed by atoms with Crippen LogP contribution in [0, 0.1) is 0 Å². The Hall–Kier alpha value is -1.88. The van der Waals surface area contributed by atoms with Gasteiger partial charge in [0.1, 0.15) is 0 Å². The van der Waals surface area contributed by atoms with E-state index >= 15 is 0 Å². The molecule has 4 nitrogen and oxygen atoms in total. The maximum Gasteiger partial charge on any atom is 0.356 e. The molecule has 18 heavy (non-hydrogen) atoms. The second kappa shape index (κ2) is 4.10. The van der Waals surface area contributed by atoms with E-state index in [2.05, 4.69) is 17.1 Å². The van der Waals surface area contributed by atoms with Crippen molar-refractivity contribution in [2.45, 2.75) is 18.8 Å². The van der Waals surface area contributed by atoms with Gasteiger partial charge < -0.3 is 10.8 Å². The highest BCUT2D eigenvalue weighted by molar-refractivity contribution is 7.19. The van der Waals surface area contributed by atoms with Gasteiger partial charge in [-0.25, -0.2) is 9.78 Å². The smallest absolute Gasteiger partial charge is 0.356 e. The van der Waals surface area contributed by atoms with Gasteiger partial charge in [-0.1, -0.05) is 29.5 Å². The highest BCUT2D eigenvalue weighted by Gasteiger charge is 2.24. The van der Waals surface area contributed by atoms with Gasteiger partial charge >= 0.3 is 5.97 Å². The van der Waals surface area contributed by atoms with Gasteiger partial charge in [-0.2, -0.15) is 0 Å². The highest BCUT2D eigenvalue weighted by atomic mass is 32.1. The Morgan fingerprint density at radius 2 is 2.22 bits per heavy atom. The fourth-order valence-corrected chi connectivity index (χ4v) is 2.85. The number of nitrogens with two attached hydrogens (primary N) is 1. The second-order valence-electron chi connectivity index (χ2n) is 4.43. The number of aromatic nitrogens is 1. The molecule has 1 aliphatic carbocycles. The lowest BCUT2D eigenvalue weighted by Gasteiger charge is -2.02. The highest BCUT2D eigenvalue weighted by Crippen LogP contribution is 2.42. The second-order valence-corrected chi connectivity index (χ2v) is 5.47. The molecule has 1 aromatic carbocycles. The van der Waals surface area contributed by atoms with Gasteiger partial charge in [0.15, 0.2) is 10.8 Å². The Morgan fingerprint density at radius 3 is 2.89 bits per heavy atom. The molecule has 3 N–H and O–H groups in total. The Kier molecular flexibility index (Phi) is 2.56. The van der Waals surface area contributed by atoms with Gasteiger partial charge in [0.25, 0.3) is 0 Å². The minimum absolute atomic E-state index is 0.0467. The third kappa shape index (κ3) is 1.97. The fraction of sp³-hybridized carbons (Fsp3) is 0.231. The number of anilines is 1. The summed E-state index contributed by atoms with van der Waals surface area (Å²) in [7, 11) is 0. The first-order valence-corrected chi connectivity index (χ1v) is 6.56. The zero-order valence-corrected chi connectivity index (χ0v) is 10.4. The molecule has 1 heterocycles. The number of nitrogens with zero attached hydrogens (tertiary/aromatic N) is 1. The van der Waals surface area contributed by atoms with Crippen molar-refractivity contribution >= 4 is 22.4 Å². The van der Waals surface area contributed by atoms with Crippen molar-refractivity contribution in [3.63, 3.8) is 0 Å². The van der Waals surface area contributed by atoms with E-state index in [1.54, 1.807) is 0 Å². The van der Waals surface area contributed by atoms with Crippen LogP contribution < -0.4 is 5.73 Å². The van der Waals surface area contributed by atoms with E-state index in [0.717, 1.165) is 5.56 Å². The lowest BCUT2D eigenvalue weighted by molar-refractivity contribution is 0.0692. The lowest BCUT2D eigenvalue weighted by Crippen LogP contribution is -1.99. The van der Waals surface area contributed by atoms with Gasteiger partial charge in [0, 0.05) is 0 Å². The predicted molar refractivity (Wildman–Crippen MR) is 70.9 cm³/mol. The number of thiazole rings is 1. The quantitative estimate of drug-likeness (QED) is 0.889. The third-order valence-electron chi connectivity index (χ3n) is 3.04. The molecular weight excluding hydrogens is 248 g/mol. The average Bonchev–Trinajstić information content (AvgIpc) is 3.12. The van der Waals surface area contributed by atoms with E-state index in [-0.39, 0.29) is 5.69 Å². The summed E-state index contributed by atoms with van der Waals surface area (Å²) in [5.41, 5.74) is 7.82. The molecule has 1 fully saturated rings. The predicted octanol–water partition coefficient (Wildman–Crippen LogP) is 2.97. The topological polar surface area (TPSA) is 76.2 Å². The van der Waals surface area contributed by atoms with E-state index in [0.29, 0.717) is 15.9 Å². The Labute approximate surface area is 108 Å². The number of carboxylic acids is 1. The van der Waals surface area contributed by atoms with Crippen LogP contribution in [0.5, 0.6) is 0 Å². The van der Waals surface area contributed by atoms with Crippen LogP contribution in [-0.4, -0.2) is 16.1 Å². The Morgan fingerprint density at radius 1 is 1.44 bits per heavy atom. The van der Waals surface area contributed by atoms with Crippen LogP contribution in [-0.2, 0) is 0 Å². The molecule has 2 aromatic rings. The van der Waals surface area contributed by atoms with Crippen molar-refractivity contribution in [1.29, 1.82) is 0 Å². The zero-order chi connectivity index (χ0) is 12.7. The van der Waals surface area contributed by atoms with Crippen LogP contribution in [0.3, 0.4) is 0 Å². The van der Waals surface area contributed by atoms with Crippen molar-refractivity contribution in [3.8, 4) is 10.4 Å². The zero-order valence-electron chi connectivity index (χ0n) is 9.59. The maximum absolute atomic E-state index is 11.1. The Balaban J connectivity index is 2.08. The SMILES string of the molecule is Nc1nc(C(=O)O)c(-c2cccc(C3CC3)c2)s1. The summed E-state index contributed by atoms with van der Waals surface area (Å²) in [6, 6.07) is 8.01. The molecule has 1 aromatic heterocycles. The van der Waals surface area contributed by atoms with Crippen LogP contribution in [0.25, 0.3) is 10.4 Å². The Bertz CT molecular complexity index is 617. The first-order valence-electron chi connectivity index (χ1n) is 5.75. The van der Waals surface area contributed by atoms with Gasteiger partial charge in [0.05, 0.1) is 4.88 Å². The van der Waals surface area contributed by atoms with Gasteiger partial charge in [-0.3, -0.25) is 0 Å². The molecule has 3 rings (SSSR count). The van der Waals surface area contributed by atoms with E-state index in [1.165, 1.54) is 29.7 Å². The molecule has 92 valence electrons. The minimum Gasteiger partial charge on any atom is -0.476 e. The molecule has 1 saturated carbocycles. The first kappa shape index (κ1) is 11.2. The van der Waals surface area contributed by atoms with Crippen LogP contribution in [0.2, 0.25) is 0 Å². The normalized spacial score (nSPS) is 14.7. The van der Waals surface area contributed by atoms with Crippen LogP contribution in [0.4, 0.5) is 5.13 Å². The lowest BCUT2D eigenvalue weighted by atomic mass is 10.1. The molecule has 0 aliphatic heterocycles. The summed E-state index contributed by atoms with van der Waals surface area (Å²) in [6.07, 6.45) is 2.44. The number of benzene rings is 1. The summed E-state index contributed by atoms with van der Waals surface area (Å²) in [5.74, 6) is -0.390. The molecule has 0 radical (unpaired) electrons. The van der Waals surface area contributed by atoms with Gasteiger partial charge in [0.2, 0.25) is 0 Å². The van der Waals surface area contributed by atoms with E-state index in [9.17, 15) is 4.79 Å². The third-order valence-corrected chi connectivity index (χ3v) is 3.98. The van der Waals surface area contributed by atoms with Crippen molar-refractivity contribution in [3.05, 3.63) is 35.5 Å². The number of hydrogen-bond donors (Lipinski definition) is 2. The summed E-state index contributed by atoms with van der Waals surface area (Å²) in [6.45, 7) is 0. The van der Waals surface area contributed by atoms with Crippen LogP contribution in [0.1, 0.15) is 34.8 Å². The van der Waals surface area contributed by atoms with Crippen LogP contribution >= 0.6 is 11.3 Å². The molecule has 1 aliphatic rings. The van der Waals surface area contributed by atoms with Crippen molar-refractivity contribution in [2.75, 3.05) is 5.73 Å². The molecule has 0 saturated heterocycles. The van der Waals surface area contributed by atoms with E-state index in [4.69, 9.17) is 10.8 Å². The van der Waals surface area contributed by atoms with Gasteiger partial charge in [-0.15, -0.1) is 0 Å². The summed E-state index contributed by atoms with van der Waals surface area (Å²) < 4.78 is 0.